The highest BCUT2D eigenvalue weighted by atomic mass is 16.5. The van der Waals surface area contributed by atoms with Gasteiger partial charge in [0.2, 0.25) is 0 Å². The normalized spacial score (nSPS) is 14.7. The molecule has 1 aliphatic heterocycles. The highest BCUT2D eigenvalue weighted by molar-refractivity contribution is 6.07. The molecule has 2 aromatic carbocycles. The molecule has 6 rings (SSSR count). The number of rotatable bonds is 6. The second-order valence-corrected chi connectivity index (χ2v) is 8.43. The number of aromatic amines is 2. The van der Waals surface area contributed by atoms with E-state index in [0.29, 0.717) is 28.1 Å². The summed E-state index contributed by atoms with van der Waals surface area (Å²) in [5, 5.41) is 7.20. The van der Waals surface area contributed by atoms with Crippen LogP contribution < -0.4 is 0 Å². The quantitative estimate of drug-likeness (QED) is 0.380. The van der Waals surface area contributed by atoms with Gasteiger partial charge in [-0.25, -0.2) is 4.98 Å². The molecule has 0 aliphatic carbocycles. The Morgan fingerprint density at radius 1 is 1.06 bits per heavy atom. The van der Waals surface area contributed by atoms with Crippen LogP contribution in [0.3, 0.4) is 0 Å². The van der Waals surface area contributed by atoms with E-state index in [-0.39, 0.29) is 12.2 Å². The maximum atomic E-state index is 13.2. The van der Waals surface area contributed by atoms with E-state index in [1.807, 2.05) is 18.2 Å². The number of carbonyl (C=O) groups excluding carboxylic acids is 1. The average Bonchev–Trinajstić information content (AvgIpc) is 3.50. The van der Waals surface area contributed by atoms with Crippen LogP contribution in [0.15, 0.2) is 55.0 Å². The number of carbonyl (C=O) groups is 1. The summed E-state index contributed by atoms with van der Waals surface area (Å²) < 4.78 is 5.44. The number of benzene rings is 2. The number of aromatic nitrogens is 6. The first kappa shape index (κ1) is 20.6. The van der Waals surface area contributed by atoms with Crippen LogP contribution in [0, 0.1) is 0 Å². The van der Waals surface area contributed by atoms with Crippen molar-refractivity contribution in [3.63, 3.8) is 0 Å². The molecule has 3 aromatic heterocycles. The Balaban J connectivity index is 1.26. The smallest absolute Gasteiger partial charge is 0.169 e. The Hall–Kier alpha value is -3.95. The number of fused-ring (bicyclic) bond motifs is 2. The van der Waals surface area contributed by atoms with Crippen LogP contribution >= 0.6 is 0 Å². The standard InChI is InChI=1S/C25H23N7O2/c33-22(18-2-1-3-20-24(18)27-7-6-26-20)13-17-14-28-31-23(17)25-29-19-5-4-16(12-21(19)30-25)15-32-8-10-34-11-9-32/h1-7,12,14H,8-11,13,15H2,(H,28,31)(H,29,30). The Morgan fingerprint density at radius 2 is 1.94 bits per heavy atom. The van der Waals surface area contributed by atoms with E-state index in [2.05, 4.69) is 42.2 Å². The molecule has 1 saturated heterocycles. The number of ether oxygens (including phenoxy) is 1. The summed E-state index contributed by atoms with van der Waals surface area (Å²) in [5.74, 6) is 0.620. The Kier molecular flexibility index (Phi) is 5.32. The van der Waals surface area contributed by atoms with E-state index in [0.717, 1.165) is 49.4 Å². The van der Waals surface area contributed by atoms with Crippen molar-refractivity contribution < 1.29 is 9.53 Å². The summed E-state index contributed by atoms with van der Waals surface area (Å²) in [5.41, 5.74) is 6.40. The van der Waals surface area contributed by atoms with Gasteiger partial charge in [0.1, 0.15) is 5.69 Å². The molecule has 1 aliphatic rings. The third-order valence-electron chi connectivity index (χ3n) is 6.16. The van der Waals surface area contributed by atoms with Gasteiger partial charge in [0, 0.05) is 49.6 Å². The fourth-order valence-corrected chi connectivity index (χ4v) is 4.43. The molecule has 5 aromatic rings. The number of hydrogen-bond donors (Lipinski definition) is 2. The van der Waals surface area contributed by atoms with E-state index in [9.17, 15) is 4.79 Å². The largest absolute Gasteiger partial charge is 0.379 e. The lowest BCUT2D eigenvalue weighted by atomic mass is 10.0. The summed E-state index contributed by atoms with van der Waals surface area (Å²) in [4.78, 5) is 32.3. The summed E-state index contributed by atoms with van der Waals surface area (Å²) in [6, 6.07) is 11.7. The minimum Gasteiger partial charge on any atom is -0.379 e. The monoisotopic (exact) mass is 453 g/mol. The predicted octanol–water partition coefficient (Wildman–Crippen LogP) is 3.15. The Bertz CT molecular complexity index is 1480. The number of para-hydroxylation sites is 1. The number of nitrogens with one attached hydrogen (secondary N) is 2. The lowest BCUT2D eigenvalue weighted by Gasteiger charge is -2.26. The molecule has 0 radical (unpaired) electrons. The van der Waals surface area contributed by atoms with Gasteiger partial charge in [0.05, 0.1) is 41.5 Å². The van der Waals surface area contributed by atoms with Gasteiger partial charge in [-0.3, -0.25) is 24.8 Å². The van der Waals surface area contributed by atoms with E-state index in [4.69, 9.17) is 9.72 Å². The van der Waals surface area contributed by atoms with Crippen LogP contribution in [-0.4, -0.2) is 67.1 Å². The van der Waals surface area contributed by atoms with Crippen LogP contribution in [0.25, 0.3) is 33.6 Å². The molecule has 170 valence electrons. The molecule has 34 heavy (non-hydrogen) atoms. The topological polar surface area (TPSA) is 113 Å². The molecule has 4 heterocycles. The molecule has 0 spiro atoms. The summed E-state index contributed by atoms with van der Waals surface area (Å²) in [7, 11) is 0. The van der Waals surface area contributed by atoms with Crippen LogP contribution in [0.5, 0.6) is 0 Å². The van der Waals surface area contributed by atoms with Crippen molar-refractivity contribution in [1.82, 2.24) is 35.0 Å². The number of Topliss-reactive ketones (excluding diaryl/α,β-unsaturated/α-hetero) is 1. The molecule has 1 fully saturated rings. The van der Waals surface area contributed by atoms with Gasteiger partial charge in [-0.1, -0.05) is 12.1 Å². The highest BCUT2D eigenvalue weighted by Gasteiger charge is 2.18. The molecular formula is C25H23N7O2. The molecule has 0 unspecified atom stereocenters. The number of imidazole rings is 1. The van der Waals surface area contributed by atoms with E-state index >= 15 is 0 Å². The lowest BCUT2D eigenvalue weighted by Crippen LogP contribution is -2.35. The number of ketones is 1. The van der Waals surface area contributed by atoms with Crippen LogP contribution in [-0.2, 0) is 17.7 Å². The van der Waals surface area contributed by atoms with Gasteiger partial charge in [-0.15, -0.1) is 0 Å². The SMILES string of the molecule is O=C(Cc1cn[nH]c1-c1nc2ccc(CN3CCOCC3)cc2[nH]1)c1cccc2nccnc12. The zero-order chi connectivity index (χ0) is 22.9. The predicted molar refractivity (Wildman–Crippen MR) is 127 cm³/mol. The van der Waals surface area contributed by atoms with Crippen LogP contribution in [0.4, 0.5) is 0 Å². The Labute approximate surface area is 195 Å². The number of hydrogen-bond acceptors (Lipinski definition) is 7. The van der Waals surface area contributed by atoms with E-state index in [1.165, 1.54) is 5.56 Å². The van der Waals surface area contributed by atoms with Gasteiger partial charge < -0.3 is 9.72 Å². The van der Waals surface area contributed by atoms with Gasteiger partial charge in [-0.2, -0.15) is 5.10 Å². The van der Waals surface area contributed by atoms with Crippen molar-refractivity contribution in [1.29, 1.82) is 0 Å². The molecule has 0 bridgehead atoms. The molecule has 0 saturated carbocycles. The first-order chi connectivity index (χ1) is 16.7. The fraction of sp³-hybridized carbons (Fsp3) is 0.240. The molecule has 2 N–H and O–H groups in total. The zero-order valence-corrected chi connectivity index (χ0v) is 18.5. The summed E-state index contributed by atoms with van der Waals surface area (Å²) in [6.45, 7) is 4.33. The van der Waals surface area contributed by atoms with Gasteiger partial charge in [0.25, 0.3) is 0 Å². The Morgan fingerprint density at radius 3 is 2.85 bits per heavy atom. The minimum atomic E-state index is -0.0438. The van der Waals surface area contributed by atoms with Gasteiger partial charge >= 0.3 is 0 Å². The van der Waals surface area contributed by atoms with Crippen molar-refractivity contribution in [2.24, 2.45) is 0 Å². The molecule has 9 heteroatoms. The van der Waals surface area contributed by atoms with Crippen LogP contribution in [0.1, 0.15) is 21.5 Å². The molecule has 0 amide bonds. The fourth-order valence-electron chi connectivity index (χ4n) is 4.43. The van der Waals surface area contributed by atoms with Crippen molar-refractivity contribution >= 4 is 27.9 Å². The summed E-state index contributed by atoms with van der Waals surface area (Å²) in [6.07, 6.45) is 5.09. The lowest BCUT2D eigenvalue weighted by molar-refractivity contribution is 0.0342. The van der Waals surface area contributed by atoms with Gasteiger partial charge in [-0.05, 0) is 29.8 Å². The first-order valence-electron chi connectivity index (χ1n) is 11.3. The number of nitrogens with zero attached hydrogens (tertiary/aromatic N) is 5. The second kappa shape index (κ2) is 8.77. The molecular weight excluding hydrogens is 430 g/mol. The number of H-pyrrole nitrogens is 2. The van der Waals surface area contributed by atoms with E-state index < -0.39 is 0 Å². The third kappa shape index (κ3) is 3.95. The highest BCUT2D eigenvalue weighted by Crippen LogP contribution is 2.25. The van der Waals surface area contributed by atoms with E-state index in [1.54, 1.807) is 24.7 Å². The minimum absolute atomic E-state index is 0.0438. The maximum absolute atomic E-state index is 13.2. The van der Waals surface area contributed by atoms with Crippen molar-refractivity contribution in [2.45, 2.75) is 13.0 Å². The van der Waals surface area contributed by atoms with Crippen molar-refractivity contribution in [3.8, 4) is 11.5 Å². The number of morpholine rings is 1. The molecule has 0 atom stereocenters. The maximum Gasteiger partial charge on any atom is 0.169 e. The average molecular weight is 454 g/mol. The van der Waals surface area contributed by atoms with Crippen LogP contribution in [0.2, 0.25) is 0 Å². The van der Waals surface area contributed by atoms with Crippen molar-refractivity contribution in [3.05, 3.63) is 71.7 Å². The zero-order valence-electron chi connectivity index (χ0n) is 18.5. The van der Waals surface area contributed by atoms with Crippen molar-refractivity contribution in [2.75, 3.05) is 26.3 Å². The van der Waals surface area contributed by atoms with Gasteiger partial charge in [0.15, 0.2) is 11.6 Å². The molecule has 9 nitrogen and oxygen atoms in total. The second-order valence-electron chi connectivity index (χ2n) is 8.43. The third-order valence-corrected chi connectivity index (χ3v) is 6.16. The summed E-state index contributed by atoms with van der Waals surface area (Å²) >= 11 is 0. The first-order valence-corrected chi connectivity index (χ1v) is 11.3.